The lowest BCUT2D eigenvalue weighted by Crippen LogP contribution is -2.36. The van der Waals surface area contributed by atoms with Gasteiger partial charge in [0.25, 0.3) is 5.91 Å². The predicted octanol–water partition coefficient (Wildman–Crippen LogP) is 3.17. The minimum atomic E-state index is -0.256. The number of carbonyl (C=O) groups excluding carboxylic acids is 3. The Morgan fingerprint density at radius 3 is 2.00 bits per heavy atom. The van der Waals surface area contributed by atoms with E-state index in [2.05, 4.69) is 33.0 Å². The van der Waals surface area contributed by atoms with E-state index in [0.29, 0.717) is 23.5 Å². The molecule has 0 aliphatic carbocycles. The van der Waals surface area contributed by atoms with E-state index in [0.717, 1.165) is 25.9 Å². The zero-order chi connectivity index (χ0) is 21.5. The Labute approximate surface area is 176 Å². The SMILES string of the molecule is CC(=O)Nc1cc(NC(C)=O)cc(C(=O)NCC(c2ccccc2)N2CCCC2)c1. The van der Waals surface area contributed by atoms with Gasteiger partial charge in [0.15, 0.2) is 0 Å². The Hall–Kier alpha value is -3.19. The molecule has 0 bridgehead atoms. The van der Waals surface area contributed by atoms with Gasteiger partial charge in [0.2, 0.25) is 11.8 Å². The van der Waals surface area contributed by atoms with Crippen molar-refractivity contribution in [1.82, 2.24) is 10.2 Å². The average molecular weight is 409 g/mol. The molecule has 0 saturated carbocycles. The van der Waals surface area contributed by atoms with Crippen LogP contribution in [0.15, 0.2) is 48.5 Å². The van der Waals surface area contributed by atoms with Gasteiger partial charge in [0, 0.05) is 37.3 Å². The van der Waals surface area contributed by atoms with Gasteiger partial charge in [-0.25, -0.2) is 0 Å². The van der Waals surface area contributed by atoms with Gasteiger partial charge in [-0.2, -0.15) is 0 Å². The standard InChI is InChI=1S/C23H28N4O3/c1-16(28)25-20-12-19(13-21(14-20)26-17(2)29)23(30)24-15-22(27-10-6-7-11-27)18-8-4-3-5-9-18/h3-5,8-9,12-14,22H,6-7,10-11,15H2,1-2H3,(H,24,30)(H,25,28)(H,26,29). The van der Waals surface area contributed by atoms with Crippen LogP contribution in [-0.4, -0.2) is 42.3 Å². The molecule has 1 heterocycles. The van der Waals surface area contributed by atoms with Gasteiger partial charge >= 0.3 is 0 Å². The van der Waals surface area contributed by atoms with E-state index in [4.69, 9.17) is 0 Å². The second-order valence-electron chi connectivity index (χ2n) is 7.54. The molecule has 0 radical (unpaired) electrons. The van der Waals surface area contributed by atoms with Crippen molar-refractivity contribution in [2.75, 3.05) is 30.3 Å². The van der Waals surface area contributed by atoms with Crippen molar-refractivity contribution in [2.45, 2.75) is 32.7 Å². The van der Waals surface area contributed by atoms with Crippen molar-refractivity contribution in [3.05, 3.63) is 59.7 Å². The molecular formula is C23H28N4O3. The summed E-state index contributed by atoms with van der Waals surface area (Å²) in [6, 6.07) is 15.1. The molecule has 1 unspecified atom stereocenters. The zero-order valence-electron chi connectivity index (χ0n) is 17.4. The van der Waals surface area contributed by atoms with Crippen LogP contribution < -0.4 is 16.0 Å². The Morgan fingerprint density at radius 1 is 0.900 bits per heavy atom. The summed E-state index contributed by atoms with van der Waals surface area (Å²) in [6.45, 7) is 5.29. The molecule has 1 saturated heterocycles. The van der Waals surface area contributed by atoms with Crippen molar-refractivity contribution in [1.29, 1.82) is 0 Å². The molecule has 30 heavy (non-hydrogen) atoms. The second kappa shape index (κ2) is 10.0. The number of nitrogens with zero attached hydrogens (tertiary/aromatic N) is 1. The number of rotatable bonds is 7. The fourth-order valence-corrected chi connectivity index (χ4v) is 3.79. The third kappa shape index (κ3) is 5.90. The Kier molecular flexibility index (Phi) is 7.19. The van der Waals surface area contributed by atoms with Crippen molar-refractivity contribution in [3.8, 4) is 0 Å². The summed E-state index contributed by atoms with van der Waals surface area (Å²) in [7, 11) is 0. The normalized spacial score (nSPS) is 14.7. The van der Waals surface area contributed by atoms with E-state index in [1.165, 1.54) is 19.4 Å². The summed E-state index contributed by atoms with van der Waals surface area (Å²) in [5.41, 5.74) is 2.46. The van der Waals surface area contributed by atoms with E-state index >= 15 is 0 Å². The molecule has 2 aromatic rings. The van der Waals surface area contributed by atoms with Crippen LogP contribution in [0.5, 0.6) is 0 Å². The predicted molar refractivity (Wildman–Crippen MR) is 117 cm³/mol. The topological polar surface area (TPSA) is 90.5 Å². The molecule has 1 fully saturated rings. The molecule has 0 spiro atoms. The van der Waals surface area contributed by atoms with Crippen molar-refractivity contribution in [3.63, 3.8) is 0 Å². The lowest BCUT2D eigenvalue weighted by molar-refractivity contribution is -0.115. The van der Waals surface area contributed by atoms with Gasteiger partial charge in [-0.1, -0.05) is 30.3 Å². The first-order chi connectivity index (χ1) is 14.4. The van der Waals surface area contributed by atoms with Crippen molar-refractivity contribution in [2.24, 2.45) is 0 Å². The van der Waals surface area contributed by atoms with E-state index in [1.807, 2.05) is 18.2 Å². The maximum atomic E-state index is 12.9. The van der Waals surface area contributed by atoms with Crippen LogP contribution in [0.25, 0.3) is 0 Å². The Bertz CT molecular complexity index is 874. The number of carbonyl (C=O) groups is 3. The Balaban J connectivity index is 1.77. The molecule has 7 nitrogen and oxygen atoms in total. The van der Waals surface area contributed by atoms with Crippen LogP contribution in [0.3, 0.4) is 0 Å². The lowest BCUT2D eigenvalue weighted by atomic mass is 10.1. The van der Waals surface area contributed by atoms with Gasteiger partial charge in [0.1, 0.15) is 0 Å². The highest BCUT2D eigenvalue weighted by molar-refractivity contribution is 5.99. The van der Waals surface area contributed by atoms with E-state index < -0.39 is 0 Å². The summed E-state index contributed by atoms with van der Waals surface area (Å²) in [5.74, 6) is -0.757. The van der Waals surface area contributed by atoms with E-state index in [1.54, 1.807) is 18.2 Å². The first-order valence-corrected chi connectivity index (χ1v) is 10.2. The molecule has 158 valence electrons. The van der Waals surface area contributed by atoms with Crippen LogP contribution in [0.2, 0.25) is 0 Å². The highest BCUT2D eigenvalue weighted by Crippen LogP contribution is 2.25. The highest BCUT2D eigenvalue weighted by Gasteiger charge is 2.24. The molecule has 2 aromatic carbocycles. The minimum absolute atomic E-state index is 0.103. The lowest BCUT2D eigenvalue weighted by Gasteiger charge is -2.28. The number of likely N-dealkylation sites (tertiary alicyclic amines) is 1. The highest BCUT2D eigenvalue weighted by atomic mass is 16.2. The molecule has 3 rings (SSSR count). The van der Waals surface area contributed by atoms with Gasteiger partial charge < -0.3 is 16.0 Å². The molecule has 1 aliphatic rings. The van der Waals surface area contributed by atoms with Crippen molar-refractivity contribution < 1.29 is 14.4 Å². The molecule has 0 aromatic heterocycles. The summed E-state index contributed by atoms with van der Waals surface area (Å²) < 4.78 is 0. The number of nitrogens with one attached hydrogen (secondary N) is 3. The van der Waals surface area contributed by atoms with Gasteiger partial charge in [-0.15, -0.1) is 0 Å². The van der Waals surface area contributed by atoms with Gasteiger partial charge in [0.05, 0.1) is 6.04 Å². The monoisotopic (exact) mass is 408 g/mol. The quantitative estimate of drug-likeness (QED) is 0.656. The Morgan fingerprint density at radius 2 is 1.47 bits per heavy atom. The number of amides is 3. The number of hydrogen-bond acceptors (Lipinski definition) is 4. The average Bonchev–Trinajstić information content (AvgIpc) is 3.22. The van der Waals surface area contributed by atoms with Gasteiger partial charge in [-0.05, 0) is 49.7 Å². The van der Waals surface area contributed by atoms with Crippen LogP contribution in [-0.2, 0) is 9.59 Å². The van der Waals surface area contributed by atoms with Gasteiger partial charge in [-0.3, -0.25) is 19.3 Å². The molecule has 1 aliphatic heterocycles. The van der Waals surface area contributed by atoms with Crippen molar-refractivity contribution >= 4 is 29.1 Å². The summed E-state index contributed by atoms with van der Waals surface area (Å²) >= 11 is 0. The number of anilines is 2. The second-order valence-corrected chi connectivity index (χ2v) is 7.54. The van der Waals surface area contributed by atoms with Crippen LogP contribution in [0.1, 0.15) is 48.7 Å². The first-order valence-electron chi connectivity index (χ1n) is 10.2. The molecule has 3 amide bonds. The minimum Gasteiger partial charge on any atom is -0.350 e. The van der Waals surface area contributed by atoms with E-state index in [-0.39, 0.29) is 23.8 Å². The molecule has 7 heteroatoms. The summed E-state index contributed by atoms with van der Waals surface area (Å²) in [4.78, 5) is 38.2. The fourth-order valence-electron chi connectivity index (χ4n) is 3.79. The van der Waals surface area contributed by atoms with Crippen LogP contribution >= 0.6 is 0 Å². The first kappa shape index (κ1) is 21.5. The van der Waals surface area contributed by atoms with Crippen LogP contribution in [0, 0.1) is 0 Å². The fraction of sp³-hybridized carbons (Fsp3) is 0.348. The third-order valence-electron chi connectivity index (χ3n) is 5.06. The van der Waals surface area contributed by atoms with E-state index in [9.17, 15) is 14.4 Å². The van der Waals surface area contributed by atoms with Crippen LogP contribution in [0.4, 0.5) is 11.4 Å². The third-order valence-corrected chi connectivity index (χ3v) is 5.06. The smallest absolute Gasteiger partial charge is 0.251 e. The molecule has 1 atom stereocenters. The maximum Gasteiger partial charge on any atom is 0.251 e. The number of benzene rings is 2. The maximum absolute atomic E-state index is 12.9. The molecule has 3 N–H and O–H groups in total. The largest absolute Gasteiger partial charge is 0.350 e. The summed E-state index contributed by atoms with van der Waals surface area (Å²) in [5, 5.41) is 8.37. The molecular weight excluding hydrogens is 380 g/mol. The summed E-state index contributed by atoms with van der Waals surface area (Å²) in [6.07, 6.45) is 2.33. The number of hydrogen-bond donors (Lipinski definition) is 3. The zero-order valence-corrected chi connectivity index (χ0v) is 17.4.